The third-order valence-electron chi connectivity index (χ3n) is 5.13. The van der Waals surface area contributed by atoms with E-state index in [-0.39, 0.29) is 16.8 Å². The molecule has 0 spiro atoms. The maximum Gasteiger partial charge on any atom is 0.265 e. The number of carbonyl (C=O) groups is 1. The highest BCUT2D eigenvalue weighted by atomic mass is 32.2. The van der Waals surface area contributed by atoms with Gasteiger partial charge in [0.25, 0.3) is 15.9 Å². The SMILES string of the molecule is CC[C@@H](Oc1cccc2ccccc12)C(=O)Nc1ccc(S(=O)(=O)Nc2nccc(C)n2)cc1. The van der Waals surface area contributed by atoms with Gasteiger partial charge in [-0.15, -0.1) is 0 Å². The lowest BCUT2D eigenvalue weighted by molar-refractivity contribution is -0.122. The van der Waals surface area contributed by atoms with Gasteiger partial charge >= 0.3 is 0 Å². The van der Waals surface area contributed by atoms with E-state index < -0.39 is 16.1 Å². The van der Waals surface area contributed by atoms with Gasteiger partial charge in [-0.1, -0.05) is 43.3 Å². The molecule has 174 valence electrons. The summed E-state index contributed by atoms with van der Waals surface area (Å²) in [4.78, 5) is 20.8. The van der Waals surface area contributed by atoms with Gasteiger partial charge in [0.05, 0.1) is 4.90 Å². The van der Waals surface area contributed by atoms with Crippen molar-refractivity contribution < 1.29 is 17.9 Å². The molecule has 4 aromatic rings. The Labute approximate surface area is 198 Å². The topological polar surface area (TPSA) is 110 Å². The number of fused-ring (bicyclic) bond motifs is 1. The monoisotopic (exact) mass is 476 g/mol. The van der Waals surface area contributed by atoms with Crippen LogP contribution in [0.2, 0.25) is 0 Å². The van der Waals surface area contributed by atoms with Crippen LogP contribution in [0.1, 0.15) is 19.0 Å². The summed E-state index contributed by atoms with van der Waals surface area (Å²) in [6, 6.07) is 21.0. The molecule has 0 bridgehead atoms. The van der Waals surface area contributed by atoms with Gasteiger partial charge in [0, 0.05) is 23.0 Å². The van der Waals surface area contributed by atoms with Crippen LogP contribution in [0.4, 0.5) is 11.6 Å². The number of carbonyl (C=O) groups excluding carboxylic acids is 1. The number of benzene rings is 3. The molecule has 1 heterocycles. The lowest BCUT2D eigenvalue weighted by Crippen LogP contribution is -2.32. The van der Waals surface area contributed by atoms with Gasteiger partial charge in [0.15, 0.2) is 6.10 Å². The van der Waals surface area contributed by atoms with E-state index in [2.05, 4.69) is 20.0 Å². The van der Waals surface area contributed by atoms with Crippen molar-refractivity contribution in [2.24, 2.45) is 0 Å². The van der Waals surface area contributed by atoms with Crippen LogP contribution in [0, 0.1) is 6.92 Å². The Morgan fingerprint density at radius 2 is 1.74 bits per heavy atom. The molecular weight excluding hydrogens is 452 g/mol. The van der Waals surface area contributed by atoms with Crippen molar-refractivity contribution in [1.82, 2.24) is 9.97 Å². The molecule has 0 aliphatic carbocycles. The maximum atomic E-state index is 12.9. The minimum absolute atomic E-state index is 0.00579. The van der Waals surface area contributed by atoms with Crippen LogP contribution in [-0.2, 0) is 14.8 Å². The number of aromatic nitrogens is 2. The van der Waals surface area contributed by atoms with Gasteiger partial charge in [-0.05, 0) is 55.1 Å². The van der Waals surface area contributed by atoms with Crippen molar-refractivity contribution in [2.45, 2.75) is 31.3 Å². The number of anilines is 2. The van der Waals surface area contributed by atoms with Crippen LogP contribution >= 0.6 is 0 Å². The fourth-order valence-electron chi connectivity index (χ4n) is 3.39. The fraction of sp³-hybridized carbons (Fsp3) is 0.160. The zero-order chi connectivity index (χ0) is 24.1. The molecular formula is C25H24N4O4S. The number of nitrogens with zero attached hydrogens (tertiary/aromatic N) is 2. The minimum atomic E-state index is -3.87. The zero-order valence-corrected chi connectivity index (χ0v) is 19.5. The quantitative estimate of drug-likeness (QED) is 0.386. The molecule has 0 aliphatic heterocycles. The molecule has 4 rings (SSSR count). The molecule has 0 radical (unpaired) electrons. The van der Waals surface area contributed by atoms with Crippen LogP contribution in [0.5, 0.6) is 5.75 Å². The first-order valence-corrected chi connectivity index (χ1v) is 12.2. The van der Waals surface area contributed by atoms with E-state index in [1.807, 2.05) is 49.4 Å². The van der Waals surface area contributed by atoms with E-state index in [4.69, 9.17) is 4.74 Å². The molecule has 9 heteroatoms. The average Bonchev–Trinajstić information content (AvgIpc) is 2.82. The third-order valence-corrected chi connectivity index (χ3v) is 6.48. The molecule has 0 unspecified atom stereocenters. The molecule has 3 aromatic carbocycles. The Morgan fingerprint density at radius 3 is 2.47 bits per heavy atom. The Bertz CT molecular complexity index is 1420. The summed E-state index contributed by atoms with van der Waals surface area (Å²) in [6.07, 6.45) is 1.22. The number of sulfonamides is 1. The Morgan fingerprint density at radius 1 is 1.00 bits per heavy atom. The van der Waals surface area contributed by atoms with Gasteiger partial charge in [-0.25, -0.2) is 23.1 Å². The van der Waals surface area contributed by atoms with Crippen molar-refractivity contribution in [3.63, 3.8) is 0 Å². The summed E-state index contributed by atoms with van der Waals surface area (Å²) in [5, 5.41) is 4.74. The number of nitrogens with one attached hydrogen (secondary N) is 2. The molecule has 0 saturated carbocycles. The molecule has 1 amide bonds. The van der Waals surface area contributed by atoms with Crippen molar-refractivity contribution in [3.05, 3.63) is 84.7 Å². The second kappa shape index (κ2) is 9.88. The van der Waals surface area contributed by atoms with Gasteiger partial charge < -0.3 is 10.1 Å². The van der Waals surface area contributed by atoms with Crippen LogP contribution in [0.25, 0.3) is 10.8 Å². The highest BCUT2D eigenvalue weighted by Gasteiger charge is 2.20. The predicted octanol–water partition coefficient (Wildman–Crippen LogP) is 4.54. The Hall–Kier alpha value is -3.98. The van der Waals surface area contributed by atoms with Crippen LogP contribution in [0.3, 0.4) is 0 Å². The number of ether oxygens (including phenoxy) is 1. The van der Waals surface area contributed by atoms with E-state index in [9.17, 15) is 13.2 Å². The third kappa shape index (κ3) is 5.32. The van der Waals surface area contributed by atoms with Gasteiger partial charge in [0.1, 0.15) is 5.75 Å². The number of hydrogen-bond acceptors (Lipinski definition) is 6. The molecule has 1 atom stereocenters. The number of rotatable bonds is 8. The average molecular weight is 477 g/mol. The van der Waals surface area contributed by atoms with Crippen molar-refractivity contribution in [2.75, 3.05) is 10.0 Å². The first-order chi connectivity index (χ1) is 16.4. The first kappa shape index (κ1) is 23.2. The fourth-order valence-corrected chi connectivity index (χ4v) is 4.34. The Balaban J connectivity index is 1.45. The highest BCUT2D eigenvalue weighted by Crippen LogP contribution is 2.27. The van der Waals surface area contributed by atoms with E-state index in [1.54, 1.807) is 13.0 Å². The van der Waals surface area contributed by atoms with E-state index in [0.29, 0.717) is 23.6 Å². The first-order valence-electron chi connectivity index (χ1n) is 10.7. The summed E-state index contributed by atoms with van der Waals surface area (Å²) in [6.45, 7) is 3.61. The minimum Gasteiger partial charge on any atom is -0.480 e. The Kier molecular flexibility index (Phi) is 6.74. The van der Waals surface area contributed by atoms with Crippen LogP contribution in [-0.4, -0.2) is 30.4 Å². The molecule has 8 nitrogen and oxygen atoms in total. The normalized spacial score (nSPS) is 12.2. The second-order valence-electron chi connectivity index (χ2n) is 7.63. The summed E-state index contributed by atoms with van der Waals surface area (Å²) >= 11 is 0. The number of hydrogen-bond donors (Lipinski definition) is 2. The summed E-state index contributed by atoms with van der Waals surface area (Å²) in [5.74, 6) is 0.303. The zero-order valence-electron chi connectivity index (χ0n) is 18.7. The molecule has 0 saturated heterocycles. The largest absolute Gasteiger partial charge is 0.480 e. The number of amides is 1. The molecule has 0 fully saturated rings. The summed E-state index contributed by atoms with van der Waals surface area (Å²) in [5.41, 5.74) is 1.10. The summed E-state index contributed by atoms with van der Waals surface area (Å²) < 4.78 is 33.6. The molecule has 2 N–H and O–H groups in total. The van der Waals surface area contributed by atoms with Gasteiger partial charge in [-0.2, -0.15) is 0 Å². The smallest absolute Gasteiger partial charge is 0.265 e. The lowest BCUT2D eigenvalue weighted by Gasteiger charge is -2.18. The predicted molar refractivity (Wildman–Crippen MR) is 131 cm³/mol. The van der Waals surface area contributed by atoms with Gasteiger partial charge in [0.2, 0.25) is 5.95 Å². The van der Waals surface area contributed by atoms with E-state index >= 15 is 0 Å². The lowest BCUT2D eigenvalue weighted by atomic mass is 10.1. The van der Waals surface area contributed by atoms with Crippen molar-refractivity contribution >= 4 is 38.3 Å². The van der Waals surface area contributed by atoms with Crippen LogP contribution in [0.15, 0.2) is 83.9 Å². The highest BCUT2D eigenvalue weighted by molar-refractivity contribution is 7.92. The maximum absolute atomic E-state index is 12.9. The molecule has 34 heavy (non-hydrogen) atoms. The summed E-state index contributed by atoms with van der Waals surface area (Å²) in [7, 11) is -3.87. The van der Waals surface area contributed by atoms with Crippen molar-refractivity contribution in [1.29, 1.82) is 0 Å². The van der Waals surface area contributed by atoms with Crippen LogP contribution < -0.4 is 14.8 Å². The van der Waals surface area contributed by atoms with E-state index in [1.165, 1.54) is 30.5 Å². The molecule has 0 aliphatic rings. The number of aryl methyl sites for hydroxylation is 1. The van der Waals surface area contributed by atoms with Crippen molar-refractivity contribution in [3.8, 4) is 5.75 Å². The second-order valence-corrected chi connectivity index (χ2v) is 9.32. The standard InChI is InChI=1S/C25H24N4O4S/c1-3-22(33-23-10-6-8-18-7-4-5-9-21(18)23)24(30)28-19-11-13-20(14-12-19)34(31,32)29-25-26-16-15-17(2)27-25/h4-16,22H,3H2,1-2H3,(H,28,30)(H,26,27,29)/t22-/m1/s1. The van der Waals surface area contributed by atoms with E-state index in [0.717, 1.165) is 10.8 Å². The van der Waals surface area contributed by atoms with Gasteiger partial charge in [-0.3, -0.25) is 4.79 Å². The molecule has 1 aromatic heterocycles.